The third-order valence-corrected chi connectivity index (χ3v) is 10.8. The van der Waals surface area contributed by atoms with Gasteiger partial charge in [-0.3, -0.25) is 4.79 Å². The summed E-state index contributed by atoms with van der Waals surface area (Å²) in [4.78, 5) is 24.9. The third kappa shape index (κ3) is 8.07. The Bertz CT molecular complexity index is 1140. The summed E-state index contributed by atoms with van der Waals surface area (Å²) >= 11 is 0. The van der Waals surface area contributed by atoms with Gasteiger partial charge in [0.15, 0.2) is 30.9 Å². The van der Waals surface area contributed by atoms with Crippen molar-refractivity contribution >= 4 is 11.9 Å². The van der Waals surface area contributed by atoms with Crippen LogP contribution in [-0.4, -0.2) is 180 Å². The SMILES string of the molecule is O=C1CC(O)C(=O)OCC2OC(OC3CC(O)CC4[OH+]C(C5CCC(O)CC5)CC(OC5OC(CO1)C(O)C(O)C5O)C34)C(O)C(O)C2O. The van der Waals surface area contributed by atoms with Gasteiger partial charge in [0.05, 0.1) is 36.8 Å². The van der Waals surface area contributed by atoms with Crippen LogP contribution in [0.5, 0.6) is 0 Å². The van der Waals surface area contributed by atoms with Gasteiger partial charge >= 0.3 is 11.9 Å². The summed E-state index contributed by atoms with van der Waals surface area (Å²) in [6, 6.07) is 0. The first-order valence-electron chi connectivity index (χ1n) is 17.1. The van der Waals surface area contributed by atoms with Crippen LogP contribution in [-0.2, 0) is 38.0 Å². The van der Waals surface area contributed by atoms with Gasteiger partial charge in [0.1, 0.15) is 62.0 Å². The van der Waals surface area contributed by atoms with Gasteiger partial charge in [0, 0.05) is 25.2 Å². The lowest BCUT2D eigenvalue weighted by molar-refractivity contribution is -0.366. The molecule has 280 valence electrons. The number of aliphatic hydroxyl groups is 11. The highest BCUT2D eigenvalue weighted by Crippen LogP contribution is 2.44. The van der Waals surface area contributed by atoms with Crippen molar-refractivity contribution in [3.8, 4) is 0 Å². The molecule has 10 N–H and O–H groups in total. The molecule has 6 rings (SSSR count). The van der Waals surface area contributed by atoms with Gasteiger partial charge in [-0.2, -0.15) is 0 Å². The molecular formula is C31H49O18+. The molecule has 18 nitrogen and oxygen atoms in total. The minimum absolute atomic E-state index is 0.0158. The van der Waals surface area contributed by atoms with Crippen molar-refractivity contribution in [3.63, 3.8) is 0 Å². The van der Waals surface area contributed by atoms with Gasteiger partial charge in [-0.1, -0.05) is 0 Å². The molecule has 2 aliphatic carbocycles. The van der Waals surface area contributed by atoms with Crippen LogP contribution in [0.2, 0.25) is 0 Å². The second-order valence-corrected chi connectivity index (χ2v) is 14.2. The van der Waals surface area contributed by atoms with E-state index in [2.05, 4.69) is 0 Å². The van der Waals surface area contributed by atoms with E-state index in [9.17, 15) is 55.5 Å². The number of carbonyl (C=O) groups excluding carboxylic acids is 2. The number of aliphatic hydroxyl groups excluding tert-OH is 9. The molecule has 0 amide bonds. The van der Waals surface area contributed by atoms with Gasteiger partial charge in [-0.25, -0.2) is 4.79 Å². The minimum atomic E-state index is -2.01. The van der Waals surface area contributed by atoms with Gasteiger partial charge in [-0.15, -0.1) is 0 Å². The molecule has 49 heavy (non-hydrogen) atoms. The van der Waals surface area contributed by atoms with Crippen molar-refractivity contribution in [2.24, 2.45) is 11.8 Å². The predicted molar refractivity (Wildman–Crippen MR) is 157 cm³/mol. The molecule has 17 atom stereocenters. The number of carbonyl (C=O) groups is 2. The Labute approximate surface area is 281 Å². The zero-order chi connectivity index (χ0) is 35.1. The molecule has 17 unspecified atom stereocenters. The van der Waals surface area contributed by atoms with E-state index in [-0.39, 0.29) is 31.3 Å². The predicted octanol–water partition coefficient (Wildman–Crippen LogP) is -4.79. The first kappa shape index (κ1) is 37.1. The standard InChI is InChI=1S/C31H48O18/c32-12-3-1-11(2-4-12)15-8-18-22-16(45-15)5-13(33)6-17(22)46-30-27(40)26(39)24(37)20(49-30)10-44-29(42)14(34)7-21(35)43-9-19-23(36)25(38)28(41)31(47-18)48-19/h11-20,22-28,30-34,36-41H,1-10H2/p+1. The Morgan fingerprint density at radius 3 is 1.65 bits per heavy atom. The zero-order valence-electron chi connectivity index (χ0n) is 26.8. The maximum absolute atomic E-state index is 12.5. The van der Waals surface area contributed by atoms with Crippen LogP contribution in [0.1, 0.15) is 51.4 Å². The number of ether oxygens (including phenoxy) is 7. The smallest absolute Gasteiger partial charge is 0.335 e. The number of cyclic esters (lactones) is 2. The second kappa shape index (κ2) is 15.5. The third-order valence-electron chi connectivity index (χ3n) is 10.8. The number of esters is 2. The summed E-state index contributed by atoms with van der Waals surface area (Å²) in [6.07, 6.45) is -20.2. The lowest BCUT2D eigenvalue weighted by Crippen LogP contribution is -2.64. The molecule has 0 spiro atoms. The fourth-order valence-corrected chi connectivity index (χ4v) is 8.06. The van der Waals surface area contributed by atoms with Gasteiger partial charge < -0.3 is 79.1 Å². The maximum atomic E-state index is 12.5. The van der Waals surface area contributed by atoms with Crippen LogP contribution in [0.4, 0.5) is 0 Å². The molecule has 6 fully saturated rings. The molecule has 0 aromatic heterocycles. The molecule has 4 bridgehead atoms. The van der Waals surface area contributed by atoms with Crippen molar-refractivity contribution in [2.45, 2.75) is 156 Å². The number of fused-ring (bicyclic) bond motifs is 4. The maximum Gasteiger partial charge on any atom is 0.335 e. The Hall–Kier alpha value is -1.62. The summed E-state index contributed by atoms with van der Waals surface area (Å²) in [5.41, 5.74) is 0. The highest BCUT2D eigenvalue weighted by atomic mass is 16.7. The van der Waals surface area contributed by atoms with Crippen molar-refractivity contribution in [1.82, 2.24) is 0 Å². The lowest BCUT2D eigenvalue weighted by atomic mass is 9.72. The zero-order valence-corrected chi connectivity index (χ0v) is 26.8. The van der Waals surface area contributed by atoms with E-state index in [1.54, 1.807) is 0 Å². The highest BCUT2D eigenvalue weighted by molar-refractivity contribution is 5.81. The Morgan fingerprint density at radius 1 is 0.531 bits per heavy atom. The van der Waals surface area contributed by atoms with Crippen molar-refractivity contribution in [3.05, 3.63) is 0 Å². The Morgan fingerprint density at radius 2 is 1.06 bits per heavy atom. The van der Waals surface area contributed by atoms with Crippen LogP contribution >= 0.6 is 0 Å². The Balaban J connectivity index is 1.32. The number of hydrogen-bond donors (Lipinski definition) is 9. The minimum Gasteiger partial charge on any atom is -0.463 e. The van der Waals surface area contributed by atoms with Gasteiger partial charge in [0.2, 0.25) is 0 Å². The first-order chi connectivity index (χ1) is 23.3. The van der Waals surface area contributed by atoms with E-state index in [0.29, 0.717) is 25.7 Å². The van der Waals surface area contributed by atoms with E-state index in [1.165, 1.54) is 0 Å². The molecule has 18 heteroatoms. The first-order valence-corrected chi connectivity index (χ1v) is 17.1. The van der Waals surface area contributed by atoms with E-state index >= 15 is 0 Å². The molecule has 6 aliphatic rings. The van der Waals surface area contributed by atoms with Gasteiger partial charge in [0.25, 0.3) is 0 Å². The van der Waals surface area contributed by atoms with Crippen LogP contribution in [0.15, 0.2) is 0 Å². The summed E-state index contributed by atoms with van der Waals surface area (Å²) in [5, 5.41) is 95.8. The molecule has 4 aliphatic heterocycles. The normalized spacial score (nSPS) is 52.0. The summed E-state index contributed by atoms with van der Waals surface area (Å²) < 4.78 is 39.5. The fraction of sp³-hybridized carbons (Fsp3) is 0.935. The molecule has 4 heterocycles. The monoisotopic (exact) mass is 709 g/mol. The van der Waals surface area contributed by atoms with Crippen molar-refractivity contribution in [1.29, 1.82) is 0 Å². The lowest BCUT2D eigenvalue weighted by Gasteiger charge is -2.50. The second-order valence-electron chi connectivity index (χ2n) is 14.2. The van der Waals surface area contributed by atoms with E-state index in [1.807, 2.05) is 0 Å². The van der Waals surface area contributed by atoms with E-state index in [4.69, 9.17) is 33.2 Å². The van der Waals surface area contributed by atoms with Gasteiger partial charge in [-0.05, 0) is 25.7 Å². The highest BCUT2D eigenvalue weighted by Gasteiger charge is 2.57. The fourth-order valence-electron chi connectivity index (χ4n) is 8.06. The van der Waals surface area contributed by atoms with Crippen molar-refractivity contribution < 1.29 is 88.7 Å². The largest absolute Gasteiger partial charge is 0.463 e. The number of rotatable bonds is 1. The van der Waals surface area contributed by atoms with Crippen molar-refractivity contribution in [2.75, 3.05) is 13.2 Å². The quantitative estimate of drug-likeness (QED) is 0.0912. The molecule has 0 aromatic carbocycles. The summed E-state index contributed by atoms with van der Waals surface area (Å²) in [7, 11) is 0. The van der Waals surface area contributed by atoms with Crippen LogP contribution in [0.25, 0.3) is 0 Å². The van der Waals surface area contributed by atoms with Crippen LogP contribution < -0.4 is 0 Å². The summed E-state index contributed by atoms with van der Waals surface area (Å²) in [5.74, 6) is -2.94. The van der Waals surface area contributed by atoms with Crippen LogP contribution in [0.3, 0.4) is 0 Å². The molecule has 0 aromatic rings. The van der Waals surface area contributed by atoms with E-state index in [0.717, 1.165) is 0 Å². The molecule has 4 saturated heterocycles. The Kier molecular flexibility index (Phi) is 11.8. The van der Waals surface area contributed by atoms with E-state index < -0.39 is 136 Å². The number of hydrogen-bond acceptors (Lipinski definition) is 17. The molecular weight excluding hydrogens is 660 g/mol. The topological polar surface area (TPSA) is 284 Å². The average molecular weight is 710 g/mol. The van der Waals surface area contributed by atoms with Crippen LogP contribution in [0, 0.1) is 11.8 Å². The average Bonchev–Trinajstić information content (AvgIpc) is 3.06. The molecule has 2 saturated carbocycles. The summed E-state index contributed by atoms with van der Waals surface area (Å²) in [6.45, 7) is -1.34. The molecule has 0 radical (unpaired) electrons.